The third kappa shape index (κ3) is 3.37. The summed E-state index contributed by atoms with van der Waals surface area (Å²) in [5, 5.41) is 0. The average Bonchev–Trinajstić information content (AvgIpc) is 2.37. The molecule has 0 aromatic heterocycles. The Kier molecular flexibility index (Phi) is 4.26. The van der Waals surface area contributed by atoms with Gasteiger partial charge in [0.05, 0.1) is 6.10 Å². The van der Waals surface area contributed by atoms with Crippen molar-refractivity contribution in [2.75, 3.05) is 30.3 Å². The van der Waals surface area contributed by atoms with Gasteiger partial charge in [-0.05, 0) is 37.5 Å². The molecule has 1 aromatic carbocycles. The van der Waals surface area contributed by atoms with Gasteiger partial charge in [0.25, 0.3) is 0 Å². The van der Waals surface area contributed by atoms with E-state index in [-0.39, 0.29) is 0 Å². The van der Waals surface area contributed by atoms with Crippen molar-refractivity contribution in [3.8, 4) is 0 Å². The number of benzene rings is 1. The summed E-state index contributed by atoms with van der Waals surface area (Å²) in [5.74, 6) is 0. The first-order chi connectivity index (χ1) is 8.29. The Balaban J connectivity index is 1.97. The van der Waals surface area contributed by atoms with Gasteiger partial charge in [-0.1, -0.05) is 13.0 Å². The van der Waals surface area contributed by atoms with Crippen molar-refractivity contribution < 1.29 is 4.74 Å². The van der Waals surface area contributed by atoms with E-state index in [2.05, 4.69) is 17.9 Å². The first kappa shape index (κ1) is 12.2. The number of anilines is 2. The predicted molar refractivity (Wildman–Crippen MR) is 72.3 cm³/mol. The smallest absolute Gasteiger partial charge is 0.0750 e. The van der Waals surface area contributed by atoms with Crippen LogP contribution in [0.4, 0.5) is 11.4 Å². The van der Waals surface area contributed by atoms with Crippen LogP contribution < -0.4 is 10.6 Å². The molecule has 0 saturated carbocycles. The molecule has 3 nitrogen and oxygen atoms in total. The van der Waals surface area contributed by atoms with Gasteiger partial charge in [-0.2, -0.15) is 0 Å². The van der Waals surface area contributed by atoms with Gasteiger partial charge in [-0.25, -0.2) is 0 Å². The summed E-state index contributed by atoms with van der Waals surface area (Å²) in [4.78, 5) is 2.38. The fraction of sp³-hybridized carbons (Fsp3) is 0.571. The van der Waals surface area contributed by atoms with E-state index in [1.54, 1.807) is 0 Å². The molecule has 0 amide bonds. The van der Waals surface area contributed by atoms with Crippen molar-refractivity contribution in [2.24, 2.45) is 0 Å². The molecule has 0 aliphatic carbocycles. The normalized spacial score (nSPS) is 20.5. The molecule has 1 aliphatic rings. The lowest BCUT2D eigenvalue weighted by molar-refractivity contribution is 0.0440. The molecule has 3 heteroatoms. The van der Waals surface area contributed by atoms with Crippen molar-refractivity contribution in [2.45, 2.75) is 32.3 Å². The van der Waals surface area contributed by atoms with Crippen LogP contribution in [-0.2, 0) is 4.74 Å². The fourth-order valence-electron chi connectivity index (χ4n) is 2.31. The van der Waals surface area contributed by atoms with E-state index in [4.69, 9.17) is 10.5 Å². The maximum absolute atomic E-state index is 5.84. The van der Waals surface area contributed by atoms with E-state index < -0.39 is 0 Å². The Bertz CT molecular complexity index is 354. The molecule has 1 atom stereocenters. The van der Waals surface area contributed by atoms with Gasteiger partial charge in [-0.3, -0.25) is 0 Å². The molecule has 1 saturated heterocycles. The molecular weight excluding hydrogens is 212 g/mol. The second-order valence-electron chi connectivity index (χ2n) is 4.68. The first-order valence-electron chi connectivity index (χ1n) is 6.51. The lowest BCUT2D eigenvalue weighted by Crippen LogP contribution is -2.39. The van der Waals surface area contributed by atoms with Crippen molar-refractivity contribution in [3.63, 3.8) is 0 Å². The second-order valence-corrected chi connectivity index (χ2v) is 4.68. The predicted octanol–water partition coefficient (Wildman–Crippen LogP) is 2.66. The van der Waals surface area contributed by atoms with Crippen LogP contribution in [0.2, 0.25) is 0 Å². The molecule has 2 rings (SSSR count). The van der Waals surface area contributed by atoms with Gasteiger partial charge in [0.1, 0.15) is 0 Å². The summed E-state index contributed by atoms with van der Waals surface area (Å²) in [6.45, 7) is 5.12. The summed E-state index contributed by atoms with van der Waals surface area (Å²) < 4.78 is 5.84. The average molecular weight is 234 g/mol. The highest BCUT2D eigenvalue weighted by atomic mass is 16.5. The third-order valence-electron chi connectivity index (χ3n) is 3.17. The molecule has 1 fully saturated rings. The highest BCUT2D eigenvalue weighted by Gasteiger charge is 2.20. The van der Waals surface area contributed by atoms with Crippen molar-refractivity contribution in [1.29, 1.82) is 0 Å². The molecule has 17 heavy (non-hydrogen) atoms. The Hall–Kier alpha value is -1.22. The van der Waals surface area contributed by atoms with Crippen LogP contribution in [0.5, 0.6) is 0 Å². The maximum atomic E-state index is 5.84. The Morgan fingerprint density at radius 2 is 2.35 bits per heavy atom. The second kappa shape index (κ2) is 5.92. The quantitative estimate of drug-likeness (QED) is 0.814. The number of nitrogen functional groups attached to an aromatic ring is 1. The zero-order chi connectivity index (χ0) is 12.1. The summed E-state index contributed by atoms with van der Waals surface area (Å²) in [6.07, 6.45) is 3.85. The van der Waals surface area contributed by atoms with Gasteiger partial charge in [0.2, 0.25) is 0 Å². The largest absolute Gasteiger partial charge is 0.399 e. The zero-order valence-electron chi connectivity index (χ0n) is 10.6. The molecule has 0 bridgehead atoms. The molecular formula is C14H22N2O. The number of rotatable bonds is 4. The van der Waals surface area contributed by atoms with Crippen LogP contribution in [0.1, 0.15) is 26.2 Å². The first-order valence-corrected chi connectivity index (χ1v) is 6.51. The number of nitrogens with two attached hydrogens (primary N) is 1. The Labute approximate surface area is 104 Å². The standard InChI is InChI=1S/C14H22N2O/c1-2-9-17-14-7-4-8-16(11-14)13-6-3-5-12(15)10-13/h3,5-6,10,14H,2,4,7-9,11,15H2,1H3. The highest BCUT2D eigenvalue weighted by molar-refractivity contribution is 5.56. The maximum Gasteiger partial charge on any atom is 0.0750 e. The molecule has 1 aliphatic heterocycles. The molecule has 1 aromatic rings. The van der Waals surface area contributed by atoms with Crippen molar-refractivity contribution in [1.82, 2.24) is 0 Å². The third-order valence-corrected chi connectivity index (χ3v) is 3.17. The minimum Gasteiger partial charge on any atom is -0.399 e. The molecule has 0 radical (unpaired) electrons. The number of hydrogen-bond acceptors (Lipinski definition) is 3. The van der Waals surface area contributed by atoms with Crippen molar-refractivity contribution in [3.05, 3.63) is 24.3 Å². The number of nitrogens with zero attached hydrogens (tertiary/aromatic N) is 1. The molecule has 1 heterocycles. The van der Waals surface area contributed by atoms with Gasteiger partial charge in [-0.15, -0.1) is 0 Å². The lowest BCUT2D eigenvalue weighted by atomic mass is 10.1. The summed E-state index contributed by atoms with van der Waals surface area (Å²) >= 11 is 0. The number of piperidine rings is 1. The van der Waals surface area contributed by atoms with Gasteiger partial charge in [0.15, 0.2) is 0 Å². The molecule has 2 N–H and O–H groups in total. The van der Waals surface area contributed by atoms with Crippen molar-refractivity contribution >= 4 is 11.4 Å². The van der Waals surface area contributed by atoms with Gasteiger partial charge in [0, 0.05) is 31.1 Å². The lowest BCUT2D eigenvalue weighted by Gasteiger charge is -2.34. The zero-order valence-corrected chi connectivity index (χ0v) is 10.6. The van der Waals surface area contributed by atoms with Gasteiger partial charge < -0.3 is 15.4 Å². The Morgan fingerprint density at radius 1 is 1.47 bits per heavy atom. The molecule has 0 spiro atoms. The molecule has 94 valence electrons. The summed E-state index contributed by atoms with van der Waals surface area (Å²) in [7, 11) is 0. The van der Waals surface area contributed by atoms with E-state index in [1.165, 1.54) is 18.5 Å². The summed E-state index contributed by atoms with van der Waals surface area (Å²) in [6, 6.07) is 8.11. The van der Waals surface area contributed by atoms with E-state index in [9.17, 15) is 0 Å². The van der Waals surface area contributed by atoms with Crippen LogP contribution >= 0.6 is 0 Å². The number of ether oxygens (including phenoxy) is 1. The monoisotopic (exact) mass is 234 g/mol. The highest BCUT2D eigenvalue weighted by Crippen LogP contribution is 2.23. The minimum absolute atomic E-state index is 0.380. The van der Waals surface area contributed by atoms with Crippen LogP contribution in [-0.4, -0.2) is 25.8 Å². The van der Waals surface area contributed by atoms with Gasteiger partial charge >= 0.3 is 0 Å². The van der Waals surface area contributed by atoms with E-state index in [0.29, 0.717) is 6.10 Å². The van der Waals surface area contributed by atoms with Crippen LogP contribution in [0.15, 0.2) is 24.3 Å². The van der Waals surface area contributed by atoms with E-state index in [0.717, 1.165) is 31.8 Å². The molecule has 1 unspecified atom stereocenters. The van der Waals surface area contributed by atoms with E-state index in [1.807, 2.05) is 18.2 Å². The van der Waals surface area contributed by atoms with Crippen LogP contribution in [0, 0.1) is 0 Å². The minimum atomic E-state index is 0.380. The fourth-order valence-corrected chi connectivity index (χ4v) is 2.31. The topological polar surface area (TPSA) is 38.5 Å². The number of hydrogen-bond donors (Lipinski definition) is 1. The Morgan fingerprint density at radius 3 is 3.12 bits per heavy atom. The summed E-state index contributed by atoms with van der Waals surface area (Å²) in [5.41, 5.74) is 7.87. The van der Waals surface area contributed by atoms with Crippen LogP contribution in [0.25, 0.3) is 0 Å². The van der Waals surface area contributed by atoms with Crippen LogP contribution in [0.3, 0.4) is 0 Å². The SMILES string of the molecule is CCCOC1CCCN(c2cccc(N)c2)C1. The van der Waals surface area contributed by atoms with E-state index >= 15 is 0 Å².